The van der Waals surface area contributed by atoms with Crippen molar-refractivity contribution in [1.29, 1.82) is 0 Å². The van der Waals surface area contributed by atoms with Crippen LogP contribution in [0.15, 0.2) is 41.9 Å². The predicted molar refractivity (Wildman–Crippen MR) is 99.1 cm³/mol. The van der Waals surface area contributed by atoms with E-state index < -0.39 is 54.3 Å². The molecule has 0 saturated heterocycles. The van der Waals surface area contributed by atoms with Crippen LogP contribution in [0, 0.1) is 0 Å². The van der Waals surface area contributed by atoms with E-state index in [1.54, 1.807) is 24.3 Å². The summed E-state index contributed by atoms with van der Waals surface area (Å²) >= 11 is 0. The zero-order chi connectivity index (χ0) is 21.4. The van der Waals surface area contributed by atoms with Crippen LogP contribution in [0.25, 0.3) is 0 Å². The van der Waals surface area contributed by atoms with Crippen LogP contribution in [0.1, 0.15) is 25.3 Å². The third kappa shape index (κ3) is 4.76. The second-order valence-corrected chi connectivity index (χ2v) is 6.52. The van der Waals surface area contributed by atoms with E-state index in [0.29, 0.717) is 6.42 Å². The molecular weight excluding hydrogens is 384 g/mol. The Labute approximate surface area is 168 Å². The van der Waals surface area contributed by atoms with Gasteiger partial charge in [0, 0.05) is 0 Å². The minimum Gasteiger partial charge on any atom is -0.489 e. The molecule has 1 heterocycles. The van der Waals surface area contributed by atoms with Crippen molar-refractivity contribution in [2.45, 2.75) is 44.2 Å². The first kappa shape index (κ1) is 22.8. The quantitative estimate of drug-likeness (QED) is 0.272. The van der Waals surface area contributed by atoms with E-state index in [4.69, 9.17) is 14.2 Å². The van der Waals surface area contributed by atoms with Crippen molar-refractivity contribution in [1.82, 2.24) is 0 Å². The number of cyclic esters (lactones) is 1. The summed E-state index contributed by atoms with van der Waals surface area (Å²) in [6.07, 6.45) is -2.60. The van der Waals surface area contributed by atoms with Crippen molar-refractivity contribution in [2.75, 3.05) is 19.8 Å². The van der Waals surface area contributed by atoms with Gasteiger partial charge in [-0.1, -0.05) is 43.7 Å². The molecular formula is C20H26O9. The number of hydrogen-bond acceptors (Lipinski definition) is 9. The van der Waals surface area contributed by atoms with E-state index in [2.05, 4.69) is 0 Å². The van der Waals surface area contributed by atoms with Gasteiger partial charge >= 0.3 is 5.97 Å². The van der Waals surface area contributed by atoms with E-state index in [1.165, 1.54) is 0 Å². The summed E-state index contributed by atoms with van der Waals surface area (Å²) in [5.74, 6) is -3.17. The molecule has 0 fully saturated rings. The first-order valence-electron chi connectivity index (χ1n) is 9.32. The fourth-order valence-electron chi connectivity index (χ4n) is 2.85. The largest absolute Gasteiger partial charge is 0.489 e. The average molecular weight is 410 g/mol. The van der Waals surface area contributed by atoms with E-state index in [9.17, 15) is 30.0 Å². The van der Waals surface area contributed by atoms with Gasteiger partial charge < -0.3 is 34.6 Å². The maximum absolute atomic E-state index is 12.8. The Hall–Kier alpha value is -2.46. The number of aliphatic hydroxyl groups is 4. The monoisotopic (exact) mass is 410 g/mol. The Kier molecular flexibility index (Phi) is 8.15. The molecule has 0 aromatic heterocycles. The lowest BCUT2D eigenvalue weighted by molar-refractivity contribution is -0.179. The van der Waals surface area contributed by atoms with Crippen LogP contribution in [0.4, 0.5) is 0 Å². The van der Waals surface area contributed by atoms with Crippen molar-refractivity contribution in [3.05, 3.63) is 47.4 Å². The molecule has 9 heteroatoms. The molecule has 1 aliphatic rings. The standard InChI is InChI=1S/C20H26O9/c1-2-3-9-27-18-16(28-12-13-7-5-4-6-8-13)19(26)29-20(18,15(24)11-22)17(25)14(23)10-21/h4-8,14-15,21-24H,2-3,9-12H2,1H3/t14?,15-,20-/m0/s1. The van der Waals surface area contributed by atoms with Crippen LogP contribution in [-0.2, 0) is 30.4 Å². The highest BCUT2D eigenvalue weighted by molar-refractivity contribution is 6.03. The molecule has 0 bridgehead atoms. The fraction of sp³-hybridized carbons (Fsp3) is 0.500. The number of esters is 1. The highest BCUT2D eigenvalue weighted by Crippen LogP contribution is 2.39. The van der Waals surface area contributed by atoms with Crippen LogP contribution in [0.3, 0.4) is 0 Å². The van der Waals surface area contributed by atoms with E-state index in [1.807, 2.05) is 13.0 Å². The first-order valence-corrected chi connectivity index (χ1v) is 9.32. The number of rotatable bonds is 12. The molecule has 0 radical (unpaired) electrons. The molecule has 2 rings (SSSR count). The third-order valence-electron chi connectivity index (χ3n) is 4.44. The lowest BCUT2D eigenvalue weighted by Crippen LogP contribution is -2.58. The number of aliphatic hydroxyl groups excluding tert-OH is 4. The SMILES string of the molecule is CCCCOC1=C(OCc2ccccc2)C(=O)O[C@]1(C(=O)C(O)CO)[C@@H](O)CO. The number of unbranched alkanes of at least 4 members (excludes halogenated alkanes) is 1. The molecule has 1 unspecified atom stereocenters. The van der Waals surface area contributed by atoms with Gasteiger partial charge in [-0.15, -0.1) is 0 Å². The summed E-state index contributed by atoms with van der Waals surface area (Å²) in [5.41, 5.74) is -1.80. The van der Waals surface area contributed by atoms with Crippen molar-refractivity contribution < 1.29 is 44.2 Å². The molecule has 9 nitrogen and oxygen atoms in total. The molecule has 0 aliphatic carbocycles. The van der Waals surface area contributed by atoms with Gasteiger partial charge in [-0.2, -0.15) is 0 Å². The lowest BCUT2D eigenvalue weighted by atomic mass is 9.87. The topological polar surface area (TPSA) is 143 Å². The molecule has 160 valence electrons. The predicted octanol–water partition coefficient (Wildman–Crippen LogP) is -0.197. The normalized spacial score (nSPS) is 20.9. The number of carbonyl (C=O) groups is 2. The fourth-order valence-corrected chi connectivity index (χ4v) is 2.85. The van der Waals surface area contributed by atoms with E-state index in [0.717, 1.165) is 12.0 Å². The maximum Gasteiger partial charge on any atom is 0.379 e. The minimum atomic E-state index is -2.52. The summed E-state index contributed by atoms with van der Waals surface area (Å²) in [7, 11) is 0. The second kappa shape index (κ2) is 10.4. The Morgan fingerprint density at radius 1 is 1.14 bits per heavy atom. The van der Waals surface area contributed by atoms with Gasteiger partial charge in [0.25, 0.3) is 5.60 Å². The van der Waals surface area contributed by atoms with Gasteiger partial charge in [-0.05, 0) is 12.0 Å². The smallest absolute Gasteiger partial charge is 0.379 e. The van der Waals surface area contributed by atoms with Crippen molar-refractivity contribution in [3.8, 4) is 0 Å². The molecule has 0 spiro atoms. The molecule has 1 aromatic rings. The number of carbonyl (C=O) groups excluding carboxylic acids is 2. The van der Waals surface area contributed by atoms with Crippen LogP contribution >= 0.6 is 0 Å². The number of Topliss-reactive ketones (excluding diaryl/α,β-unsaturated/α-hetero) is 1. The molecule has 29 heavy (non-hydrogen) atoms. The van der Waals surface area contributed by atoms with Crippen LogP contribution in [0.5, 0.6) is 0 Å². The van der Waals surface area contributed by atoms with Gasteiger partial charge in [0.05, 0.1) is 19.8 Å². The van der Waals surface area contributed by atoms with Crippen LogP contribution in [0.2, 0.25) is 0 Å². The Morgan fingerprint density at radius 3 is 2.41 bits per heavy atom. The maximum atomic E-state index is 12.8. The number of benzene rings is 1. The summed E-state index contributed by atoms with van der Waals surface area (Å²) < 4.78 is 16.3. The van der Waals surface area contributed by atoms with Crippen molar-refractivity contribution in [3.63, 3.8) is 0 Å². The molecule has 1 aliphatic heterocycles. The van der Waals surface area contributed by atoms with Crippen LogP contribution in [-0.4, -0.2) is 69.8 Å². The molecule has 3 atom stereocenters. The zero-order valence-electron chi connectivity index (χ0n) is 16.1. The summed E-state index contributed by atoms with van der Waals surface area (Å²) in [6.45, 7) is -0.0170. The van der Waals surface area contributed by atoms with Gasteiger partial charge in [0.2, 0.25) is 17.3 Å². The highest BCUT2D eigenvalue weighted by atomic mass is 16.6. The van der Waals surface area contributed by atoms with Gasteiger partial charge in [-0.25, -0.2) is 4.79 Å². The Bertz CT molecular complexity index is 731. The lowest BCUT2D eigenvalue weighted by Gasteiger charge is -2.33. The first-order chi connectivity index (χ1) is 13.9. The van der Waals surface area contributed by atoms with Gasteiger partial charge in [0.1, 0.15) is 18.8 Å². The summed E-state index contributed by atoms with van der Waals surface area (Å²) in [4.78, 5) is 25.3. The Morgan fingerprint density at radius 2 is 1.83 bits per heavy atom. The molecule has 0 saturated carbocycles. The minimum absolute atomic E-state index is 0.0477. The summed E-state index contributed by atoms with van der Waals surface area (Å²) in [6, 6.07) is 8.88. The van der Waals surface area contributed by atoms with Crippen LogP contribution < -0.4 is 0 Å². The van der Waals surface area contributed by atoms with Gasteiger partial charge in [-0.3, -0.25) is 4.79 Å². The molecule has 1 aromatic carbocycles. The third-order valence-corrected chi connectivity index (χ3v) is 4.44. The zero-order valence-corrected chi connectivity index (χ0v) is 16.1. The second-order valence-electron chi connectivity index (χ2n) is 6.52. The van der Waals surface area contributed by atoms with Crippen molar-refractivity contribution in [2.24, 2.45) is 0 Å². The van der Waals surface area contributed by atoms with Gasteiger partial charge in [0.15, 0.2) is 0 Å². The number of ketones is 1. The highest BCUT2D eigenvalue weighted by Gasteiger charge is 2.62. The van der Waals surface area contributed by atoms with Crippen molar-refractivity contribution >= 4 is 11.8 Å². The average Bonchev–Trinajstić information content (AvgIpc) is 3.03. The molecule has 0 amide bonds. The van der Waals surface area contributed by atoms with E-state index >= 15 is 0 Å². The van der Waals surface area contributed by atoms with E-state index in [-0.39, 0.29) is 13.2 Å². The number of hydrogen-bond donors (Lipinski definition) is 4. The Balaban J connectivity index is 2.47. The number of ether oxygens (including phenoxy) is 3. The summed E-state index contributed by atoms with van der Waals surface area (Å²) in [5, 5.41) is 38.9. The molecule has 4 N–H and O–H groups in total.